The molecule has 0 aliphatic carbocycles. The fourth-order valence-electron chi connectivity index (χ4n) is 1.11. The third-order valence-corrected chi connectivity index (χ3v) is 1.88. The second kappa shape index (κ2) is 8.16. The summed E-state index contributed by atoms with van der Waals surface area (Å²) in [5.41, 5.74) is -0.352. The molecule has 0 radical (unpaired) electrons. The van der Waals surface area contributed by atoms with Crippen molar-refractivity contribution in [2.24, 2.45) is 0 Å². The lowest BCUT2D eigenvalue weighted by atomic mass is 10.1. The van der Waals surface area contributed by atoms with Gasteiger partial charge in [-0.15, -0.1) is 0 Å². The van der Waals surface area contributed by atoms with Crippen LogP contribution in [-0.4, -0.2) is 39.4 Å². The minimum absolute atomic E-state index is 0.0951. The van der Waals surface area contributed by atoms with E-state index in [1.54, 1.807) is 13.8 Å². The van der Waals surface area contributed by atoms with Gasteiger partial charge in [-0.1, -0.05) is 6.58 Å². The molecule has 0 heterocycles. The van der Waals surface area contributed by atoms with E-state index < -0.39 is 11.9 Å². The summed E-state index contributed by atoms with van der Waals surface area (Å²) in [7, 11) is 2.37. The predicted octanol–water partition coefficient (Wildman–Crippen LogP) is 1.17. The van der Waals surface area contributed by atoms with Gasteiger partial charge in [-0.3, -0.25) is 0 Å². The molecule has 6 nitrogen and oxygen atoms in total. The smallest absolute Gasteiger partial charge is 0.346 e. The van der Waals surface area contributed by atoms with Gasteiger partial charge in [0.1, 0.15) is 0 Å². The van der Waals surface area contributed by atoms with Gasteiger partial charge in [0.15, 0.2) is 5.57 Å². The summed E-state index contributed by atoms with van der Waals surface area (Å²) in [4.78, 5) is 23.1. The Morgan fingerprint density at radius 2 is 1.39 bits per heavy atom. The molecule has 0 saturated heterocycles. The SMILES string of the molecule is C=C(C(=O)OC)C(C(=O)OC)=C(OCC)OCC. The molecular weight excluding hydrogens is 240 g/mol. The summed E-state index contributed by atoms with van der Waals surface area (Å²) in [5.74, 6) is -1.63. The molecule has 0 aromatic heterocycles. The van der Waals surface area contributed by atoms with Gasteiger partial charge in [0.05, 0.1) is 33.0 Å². The van der Waals surface area contributed by atoms with Gasteiger partial charge in [-0.25, -0.2) is 9.59 Å². The quantitative estimate of drug-likeness (QED) is 0.295. The van der Waals surface area contributed by atoms with Crippen LogP contribution in [0.3, 0.4) is 0 Å². The fraction of sp³-hybridized carbons (Fsp3) is 0.500. The van der Waals surface area contributed by atoms with Gasteiger partial charge >= 0.3 is 11.9 Å². The second-order valence-electron chi connectivity index (χ2n) is 2.99. The molecule has 0 amide bonds. The predicted molar refractivity (Wildman–Crippen MR) is 63.5 cm³/mol. The minimum Gasteiger partial charge on any atom is -0.465 e. The average molecular weight is 258 g/mol. The van der Waals surface area contributed by atoms with Gasteiger partial charge in [0.25, 0.3) is 5.95 Å². The van der Waals surface area contributed by atoms with Crippen LogP contribution in [0.1, 0.15) is 13.8 Å². The molecule has 0 unspecified atom stereocenters. The Labute approximate surface area is 106 Å². The van der Waals surface area contributed by atoms with Crippen molar-refractivity contribution in [3.05, 3.63) is 23.7 Å². The molecule has 0 rings (SSSR count). The third kappa shape index (κ3) is 4.12. The van der Waals surface area contributed by atoms with Crippen molar-refractivity contribution >= 4 is 11.9 Å². The van der Waals surface area contributed by atoms with Gasteiger partial charge in [0.2, 0.25) is 0 Å². The van der Waals surface area contributed by atoms with Crippen LogP contribution in [0.15, 0.2) is 23.7 Å². The summed E-state index contributed by atoms with van der Waals surface area (Å²) < 4.78 is 19.4. The zero-order valence-electron chi connectivity index (χ0n) is 11.1. The van der Waals surface area contributed by atoms with Crippen LogP contribution in [0.4, 0.5) is 0 Å². The molecular formula is C12H18O6. The van der Waals surface area contributed by atoms with E-state index in [0.29, 0.717) is 0 Å². The molecule has 6 heteroatoms. The highest BCUT2D eigenvalue weighted by Gasteiger charge is 2.27. The van der Waals surface area contributed by atoms with Crippen molar-refractivity contribution in [3.63, 3.8) is 0 Å². The summed E-state index contributed by atoms with van der Waals surface area (Å²) >= 11 is 0. The number of hydrogen-bond acceptors (Lipinski definition) is 6. The zero-order valence-corrected chi connectivity index (χ0v) is 11.1. The molecule has 0 aliphatic heterocycles. The minimum atomic E-state index is -0.776. The molecule has 0 aromatic carbocycles. The second-order valence-corrected chi connectivity index (χ2v) is 2.99. The van der Waals surface area contributed by atoms with E-state index in [1.807, 2.05) is 0 Å². The highest BCUT2D eigenvalue weighted by atomic mass is 16.7. The Hall–Kier alpha value is -1.98. The number of carbonyl (C=O) groups is 2. The molecule has 102 valence electrons. The van der Waals surface area contributed by atoms with Crippen LogP contribution in [0, 0.1) is 0 Å². The van der Waals surface area contributed by atoms with Gasteiger partial charge in [-0.05, 0) is 13.8 Å². The van der Waals surface area contributed by atoms with E-state index in [0.717, 1.165) is 0 Å². The Morgan fingerprint density at radius 3 is 1.72 bits per heavy atom. The standard InChI is InChI=1S/C12H18O6/c1-6-17-12(18-7-2)9(11(14)16-5)8(3)10(13)15-4/h3,6-7H2,1-2,4-5H3. The van der Waals surface area contributed by atoms with E-state index >= 15 is 0 Å². The number of ether oxygens (including phenoxy) is 4. The van der Waals surface area contributed by atoms with E-state index in [-0.39, 0.29) is 30.3 Å². The maximum atomic E-state index is 11.7. The molecule has 0 aliphatic rings. The van der Waals surface area contributed by atoms with Crippen LogP contribution in [-0.2, 0) is 28.5 Å². The first-order valence-corrected chi connectivity index (χ1v) is 5.39. The van der Waals surface area contributed by atoms with Crippen molar-refractivity contribution in [1.29, 1.82) is 0 Å². The Kier molecular flexibility index (Phi) is 7.26. The Bertz CT molecular complexity index is 348. The molecule has 0 fully saturated rings. The molecule has 0 saturated carbocycles. The highest BCUT2D eigenvalue weighted by Crippen LogP contribution is 2.19. The van der Waals surface area contributed by atoms with Crippen LogP contribution in [0.5, 0.6) is 0 Å². The maximum Gasteiger partial charge on any atom is 0.346 e. The van der Waals surface area contributed by atoms with Gasteiger partial charge in [0, 0.05) is 0 Å². The van der Waals surface area contributed by atoms with Gasteiger partial charge in [-0.2, -0.15) is 0 Å². The summed E-state index contributed by atoms with van der Waals surface area (Å²) in [6.07, 6.45) is 0. The topological polar surface area (TPSA) is 71.1 Å². The Balaban J connectivity index is 5.53. The molecule has 0 atom stereocenters. The zero-order chi connectivity index (χ0) is 14.1. The van der Waals surface area contributed by atoms with Crippen molar-refractivity contribution in [3.8, 4) is 0 Å². The monoisotopic (exact) mass is 258 g/mol. The van der Waals surface area contributed by atoms with Crippen molar-refractivity contribution < 1.29 is 28.5 Å². The first-order valence-electron chi connectivity index (χ1n) is 5.39. The lowest BCUT2D eigenvalue weighted by Crippen LogP contribution is -2.18. The average Bonchev–Trinajstić information content (AvgIpc) is 2.38. The van der Waals surface area contributed by atoms with E-state index in [4.69, 9.17) is 9.47 Å². The number of esters is 2. The van der Waals surface area contributed by atoms with Crippen LogP contribution in [0.25, 0.3) is 0 Å². The molecule has 0 aromatic rings. The van der Waals surface area contributed by atoms with Crippen LogP contribution in [0.2, 0.25) is 0 Å². The normalized spacial score (nSPS) is 9.11. The van der Waals surface area contributed by atoms with E-state index in [9.17, 15) is 9.59 Å². The number of hydrogen-bond donors (Lipinski definition) is 0. The molecule has 0 spiro atoms. The molecule has 0 N–H and O–H groups in total. The third-order valence-electron chi connectivity index (χ3n) is 1.88. The number of carbonyl (C=O) groups excluding carboxylic acids is 2. The van der Waals surface area contributed by atoms with Gasteiger partial charge < -0.3 is 18.9 Å². The van der Waals surface area contributed by atoms with Crippen molar-refractivity contribution in [1.82, 2.24) is 0 Å². The van der Waals surface area contributed by atoms with Crippen LogP contribution < -0.4 is 0 Å². The van der Waals surface area contributed by atoms with Crippen molar-refractivity contribution in [2.75, 3.05) is 27.4 Å². The maximum absolute atomic E-state index is 11.7. The largest absolute Gasteiger partial charge is 0.465 e. The van der Waals surface area contributed by atoms with Crippen molar-refractivity contribution in [2.45, 2.75) is 13.8 Å². The first-order chi connectivity index (χ1) is 8.53. The van der Waals surface area contributed by atoms with E-state index in [1.165, 1.54) is 14.2 Å². The molecule has 18 heavy (non-hydrogen) atoms. The summed E-state index contributed by atoms with van der Waals surface area (Å²) in [6.45, 7) is 7.46. The lowest BCUT2D eigenvalue weighted by molar-refractivity contribution is -0.140. The number of methoxy groups -OCH3 is 2. The molecule has 0 bridgehead atoms. The lowest BCUT2D eigenvalue weighted by Gasteiger charge is -2.14. The number of rotatable bonds is 7. The fourth-order valence-corrected chi connectivity index (χ4v) is 1.11. The summed E-state index contributed by atoms with van der Waals surface area (Å²) in [6, 6.07) is 0. The first kappa shape index (κ1) is 16.0. The van der Waals surface area contributed by atoms with E-state index in [2.05, 4.69) is 16.1 Å². The summed E-state index contributed by atoms with van der Waals surface area (Å²) in [5, 5.41) is 0. The highest BCUT2D eigenvalue weighted by molar-refractivity contribution is 6.06. The van der Waals surface area contributed by atoms with Crippen LogP contribution >= 0.6 is 0 Å². The Morgan fingerprint density at radius 1 is 0.944 bits per heavy atom.